The van der Waals surface area contributed by atoms with Gasteiger partial charge in [-0.3, -0.25) is 0 Å². The van der Waals surface area contributed by atoms with Crippen molar-refractivity contribution in [2.75, 3.05) is 0 Å². The van der Waals surface area contributed by atoms with Crippen LogP contribution in [0.5, 0.6) is 0 Å². The highest BCUT2D eigenvalue weighted by Gasteiger charge is 2.26. The molecule has 0 atom stereocenters. The molecule has 0 bridgehead atoms. The van der Waals surface area contributed by atoms with E-state index < -0.39 is 0 Å². The molecular formula is C99H61N5. The number of benzene rings is 16. The minimum atomic E-state index is 0.611. The average molecular weight is 1320 g/mol. The van der Waals surface area contributed by atoms with Gasteiger partial charge in [0.1, 0.15) is 0 Å². The molecule has 104 heavy (non-hydrogen) atoms. The van der Waals surface area contributed by atoms with Crippen molar-refractivity contribution in [3.63, 3.8) is 0 Å². The molecule has 0 fully saturated rings. The lowest BCUT2D eigenvalue weighted by molar-refractivity contribution is 1.07. The van der Waals surface area contributed by atoms with Gasteiger partial charge in [-0.25, -0.2) is 24.9 Å². The summed E-state index contributed by atoms with van der Waals surface area (Å²) in [5.74, 6) is 2.52. The Morgan fingerprint density at radius 2 is 0.404 bits per heavy atom. The Balaban J connectivity index is 0.591. The van der Waals surface area contributed by atoms with Gasteiger partial charge in [-0.15, -0.1) is 0 Å². The molecule has 0 amide bonds. The van der Waals surface area contributed by atoms with Crippen molar-refractivity contribution in [2.45, 2.75) is 0 Å². The van der Waals surface area contributed by atoms with Crippen LogP contribution in [-0.4, -0.2) is 24.9 Å². The second-order valence-electron chi connectivity index (χ2n) is 27.1. The molecule has 0 N–H and O–H groups in total. The van der Waals surface area contributed by atoms with Crippen LogP contribution in [0.2, 0.25) is 0 Å². The smallest absolute Gasteiger partial charge is 0.164 e. The van der Waals surface area contributed by atoms with E-state index in [1.54, 1.807) is 0 Å². The third-order valence-electron chi connectivity index (χ3n) is 20.8. The second-order valence-corrected chi connectivity index (χ2v) is 27.1. The first-order valence-corrected chi connectivity index (χ1v) is 35.4. The molecule has 18 aromatic rings. The van der Waals surface area contributed by atoms with Crippen LogP contribution in [0.4, 0.5) is 0 Å². The molecule has 0 aliphatic heterocycles. The van der Waals surface area contributed by atoms with Gasteiger partial charge in [-0.1, -0.05) is 309 Å². The van der Waals surface area contributed by atoms with Crippen molar-refractivity contribution in [3.05, 3.63) is 370 Å². The molecule has 482 valence electrons. The highest BCUT2D eigenvalue weighted by molar-refractivity contribution is 6.18. The van der Waals surface area contributed by atoms with E-state index in [9.17, 15) is 0 Å². The minimum Gasteiger partial charge on any atom is -0.228 e. The molecule has 0 spiro atoms. The Morgan fingerprint density at radius 3 is 0.923 bits per heavy atom. The predicted molar refractivity (Wildman–Crippen MR) is 430 cm³/mol. The van der Waals surface area contributed by atoms with Crippen LogP contribution in [0.1, 0.15) is 0 Å². The number of hydrogen-bond acceptors (Lipinski definition) is 5. The number of rotatable bonds is 13. The summed E-state index contributed by atoms with van der Waals surface area (Å²) in [6.45, 7) is 0. The van der Waals surface area contributed by atoms with Gasteiger partial charge in [0.05, 0.1) is 11.4 Å². The van der Waals surface area contributed by atoms with Crippen molar-refractivity contribution < 1.29 is 0 Å². The molecular weight excluding hydrogens is 1260 g/mol. The van der Waals surface area contributed by atoms with E-state index in [0.29, 0.717) is 23.3 Å². The molecule has 16 aromatic carbocycles. The number of aromatic nitrogens is 5. The van der Waals surface area contributed by atoms with Crippen molar-refractivity contribution in [1.29, 1.82) is 0 Å². The fraction of sp³-hybridized carbons (Fsp3) is 0. The zero-order valence-electron chi connectivity index (χ0n) is 56.5. The van der Waals surface area contributed by atoms with E-state index in [1.807, 2.05) is 30.3 Å². The Bertz CT molecular complexity index is 6320. The van der Waals surface area contributed by atoms with E-state index in [0.717, 1.165) is 112 Å². The quantitative estimate of drug-likeness (QED) is 0.115. The van der Waals surface area contributed by atoms with E-state index in [4.69, 9.17) is 24.9 Å². The molecule has 2 aromatic heterocycles. The lowest BCUT2D eigenvalue weighted by Crippen LogP contribution is -2.00. The molecule has 2 aliphatic carbocycles. The fourth-order valence-corrected chi connectivity index (χ4v) is 15.6. The molecule has 0 saturated heterocycles. The summed E-state index contributed by atoms with van der Waals surface area (Å²) in [5.41, 5.74) is 33.6. The molecule has 0 radical (unpaired) electrons. The summed E-state index contributed by atoms with van der Waals surface area (Å²) < 4.78 is 0. The molecule has 0 unspecified atom stereocenters. The molecule has 2 aliphatic rings. The second kappa shape index (κ2) is 25.1. The van der Waals surface area contributed by atoms with Gasteiger partial charge in [0, 0.05) is 33.4 Å². The molecule has 2 heterocycles. The molecule has 0 saturated carbocycles. The lowest BCUT2D eigenvalue weighted by Gasteiger charge is -2.12. The number of nitrogens with zero attached hydrogens (tertiary/aromatic N) is 5. The van der Waals surface area contributed by atoms with Crippen molar-refractivity contribution in [1.82, 2.24) is 24.9 Å². The lowest BCUT2D eigenvalue weighted by atomic mass is 9.93. The van der Waals surface area contributed by atoms with E-state index in [-0.39, 0.29) is 0 Å². The van der Waals surface area contributed by atoms with Crippen LogP contribution in [0, 0.1) is 0 Å². The Kier molecular flexibility index (Phi) is 14.5. The van der Waals surface area contributed by atoms with Gasteiger partial charge >= 0.3 is 0 Å². The topological polar surface area (TPSA) is 64.5 Å². The first-order valence-electron chi connectivity index (χ1n) is 35.4. The van der Waals surface area contributed by atoms with Gasteiger partial charge in [-0.05, 0) is 205 Å². The number of fused-ring (bicyclic) bond motifs is 6. The predicted octanol–water partition coefficient (Wildman–Crippen LogP) is 25.9. The Hall–Kier alpha value is -13.9. The molecule has 20 rings (SSSR count). The van der Waals surface area contributed by atoms with Crippen LogP contribution in [0.15, 0.2) is 370 Å². The first kappa shape index (κ1) is 60.1. The van der Waals surface area contributed by atoms with Gasteiger partial charge in [0.15, 0.2) is 23.3 Å². The SMILES string of the molecule is c1ccc(-c2ccc(-c3nc(-c4ccc(-c5ccccc5)cc4)nc(-c4cccc(-c5cc6c7c(cccc7c5)-c5cc(-c7cccc(-c8cccc(-c9cc(-c%10ccc(-c%11cccc(-c%12cc%13c%14c(cccc%14c%12)-c%12ccccc%12-%13)c%11)cc%10)nc(-c%10ccccc%10)n9)c8)c7)ccc5-6)c4)n3)cc2)cc1. The Morgan fingerprint density at radius 1 is 0.125 bits per heavy atom. The van der Waals surface area contributed by atoms with Crippen LogP contribution in [0.3, 0.4) is 0 Å². The molecule has 5 nitrogen and oxygen atoms in total. The average Bonchev–Trinajstić information content (AvgIpc) is 1.56. The van der Waals surface area contributed by atoms with E-state index in [1.165, 1.54) is 77.2 Å². The summed E-state index contributed by atoms with van der Waals surface area (Å²) in [6, 6.07) is 133. The van der Waals surface area contributed by atoms with Gasteiger partial charge < -0.3 is 0 Å². The Labute approximate surface area is 603 Å². The van der Waals surface area contributed by atoms with Crippen molar-refractivity contribution in [3.8, 4) is 190 Å². The summed E-state index contributed by atoms with van der Waals surface area (Å²) in [5, 5.41) is 5.07. The monoisotopic (exact) mass is 1320 g/mol. The zero-order chi connectivity index (χ0) is 68.6. The van der Waals surface area contributed by atoms with Gasteiger partial charge in [-0.2, -0.15) is 0 Å². The summed E-state index contributed by atoms with van der Waals surface area (Å²) >= 11 is 0. The highest BCUT2D eigenvalue weighted by atomic mass is 15.0. The van der Waals surface area contributed by atoms with E-state index >= 15 is 0 Å². The normalized spacial score (nSPS) is 11.7. The maximum atomic E-state index is 5.28. The first-order chi connectivity index (χ1) is 51.5. The van der Waals surface area contributed by atoms with Crippen molar-refractivity contribution in [2.24, 2.45) is 0 Å². The van der Waals surface area contributed by atoms with Gasteiger partial charge in [0.2, 0.25) is 0 Å². The van der Waals surface area contributed by atoms with Crippen LogP contribution in [-0.2, 0) is 0 Å². The largest absolute Gasteiger partial charge is 0.228 e. The van der Waals surface area contributed by atoms with Crippen LogP contribution in [0.25, 0.3) is 212 Å². The number of hydrogen-bond donors (Lipinski definition) is 0. The maximum Gasteiger partial charge on any atom is 0.164 e. The zero-order valence-corrected chi connectivity index (χ0v) is 56.5. The molecule has 5 heteroatoms. The third kappa shape index (κ3) is 10.9. The third-order valence-corrected chi connectivity index (χ3v) is 20.8. The summed E-state index contributed by atoms with van der Waals surface area (Å²) in [6.07, 6.45) is 0. The standard InChI is InChI=1S/C99H61N5/c1-4-18-62(19-5-1)64-40-46-69(47-41-64)97-102-98(70-48-42-65(43-49-70)63-20-6-2-7-21-63)104-99(103-97)81-33-15-29-76(55-81)83-57-80-32-17-37-88-89-58-77(50-51-86(89)91(60-83)95(80)88)73-26-13-25-72(53-73)74-27-14-30-78(54-74)93-61-92(100-96(101-93)68-22-8-3-9-23-68)67-44-38-66(39-45-67)71-24-12-28-75(52-71)82-56-79-31-16-36-87-84-34-10-11-35-85(84)90(59-82)94(79)87/h1-61H. The summed E-state index contributed by atoms with van der Waals surface area (Å²) in [4.78, 5) is 26.1. The van der Waals surface area contributed by atoms with Gasteiger partial charge in [0.25, 0.3) is 0 Å². The van der Waals surface area contributed by atoms with E-state index in [2.05, 4.69) is 340 Å². The summed E-state index contributed by atoms with van der Waals surface area (Å²) in [7, 11) is 0. The van der Waals surface area contributed by atoms with Crippen molar-refractivity contribution >= 4 is 21.5 Å². The minimum absolute atomic E-state index is 0.611. The van der Waals surface area contributed by atoms with Crippen LogP contribution < -0.4 is 0 Å². The van der Waals surface area contributed by atoms with Crippen LogP contribution >= 0.6 is 0 Å². The maximum absolute atomic E-state index is 5.28. The fourth-order valence-electron chi connectivity index (χ4n) is 15.6. The highest BCUT2D eigenvalue weighted by Crippen LogP contribution is 2.52.